The molecule has 9 heteroatoms. The number of halogens is 1. The molecular formula is C12H20FN3O4S. The van der Waals surface area contributed by atoms with Crippen LogP contribution in [0.5, 0.6) is 0 Å². The molecule has 21 heavy (non-hydrogen) atoms. The Balaban J connectivity index is 1.62. The fraction of sp³-hybridized carbons (Fsp3) is 0.917. The maximum absolute atomic E-state index is 12.5. The lowest BCUT2D eigenvalue weighted by Crippen LogP contribution is -2.58. The number of hydrogen-bond acceptors (Lipinski definition) is 4. The van der Waals surface area contributed by atoms with Crippen LogP contribution in [-0.4, -0.2) is 75.7 Å². The highest BCUT2D eigenvalue weighted by molar-refractivity contribution is 7.89. The van der Waals surface area contributed by atoms with Gasteiger partial charge in [-0.1, -0.05) is 0 Å². The first-order chi connectivity index (χ1) is 9.89. The Hall–Kier alpha value is -0.930. The van der Waals surface area contributed by atoms with Gasteiger partial charge in [-0.05, 0) is 12.8 Å². The summed E-state index contributed by atoms with van der Waals surface area (Å²) in [6, 6.07) is -1.88. The number of sulfonamides is 1. The summed E-state index contributed by atoms with van der Waals surface area (Å²) in [6.45, 7) is 1.99. The summed E-state index contributed by atoms with van der Waals surface area (Å²) in [5, 5.41) is 0. The van der Waals surface area contributed by atoms with Crippen LogP contribution in [0.1, 0.15) is 12.8 Å². The average Bonchev–Trinajstić information content (AvgIpc) is 3.07. The standard InChI is InChI=1S/C12H20FN3O4S/c1-20-9-4-15(5-9)11(17)16-6-10(12(7-16)2-3-12)14-21(18,19)8-13/h9-10,14H,2-8H2,1H3/t10-/m1/s1. The van der Waals surface area contributed by atoms with Crippen LogP contribution in [0, 0.1) is 5.41 Å². The van der Waals surface area contributed by atoms with Gasteiger partial charge in [0, 0.05) is 31.7 Å². The molecule has 3 fully saturated rings. The van der Waals surface area contributed by atoms with Crippen molar-refractivity contribution in [2.24, 2.45) is 5.41 Å². The number of amides is 2. The van der Waals surface area contributed by atoms with Crippen molar-refractivity contribution in [3.8, 4) is 0 Å². The van der Waals surface area contributed by atoms with Crippen LogP contribution < -0.4 is 4.72 Å². The van der Waals surface area contributed by atoms with Crippen molar-refractivity contribution in [2.45, 2.75) is 25.0 Å². The second-order valence-electron chi connectivity index (χ2n) is 6.18. The van der Waals surface area contributed by atoms with Crippen LogP contribution in [0.4, 0.5) is 9.18 Å². The lowest BCUT2D eigenvalue weighted by molar-refractivity contribution is -0.0145. The topological polar surface area (TPSA) is 79.0 Å². The van der Waals surface area contributed by atoms with Gasteiger partial charge in [-0.25, -0.2) is 22.3 Å². The summed E-state index contributed by atoms with van der Waals surface area (Å²) in [5.74, 6) is 0. The van der Waals surface area contributed by atoms with E-state index in [4.69, 9.17) is 4.74 Å². The van der Waals surface area contributed by atoms with Gasteiger partial charge in [-0.15, -0.1) is 0 Å². The molecule has 120 valence electrons. The maximum Gasteiger partial charge on any atom is 0.320 e. The van der Waals surface area contributed by atoms with E-state index in [1.165, 1.54) is 0 Å². The largest absolute Gasteiger partial charge is 0.378 e. The molecule has 0 aromatic carbocycles. The normalized spacial score (nSPS) is 28.0. The van der Waals surface area contributed by atoms with Gasteiger partial charge in [0.25, 0.3) is 0 Å². The first kappa shape index (κ1) is 15.0. The number of alkyl halides is 1. The van der Waals surface area contributed by atoms with Crippen molar-refractivity contribution < 1.29 is 22.3 Å². The highest BCUT2D eigenvalue weighted by Crippen LogP contribution is 2.53. The third kappa shape index (κ3) is 2.74. The Morgan fingerprint density at radius 2 is 2.00 bits per heavy atom. The molecule has 1 atom stereocenters. The summed E-state index contributed by atoms with van der Waals surface area (Å²) >= 11 is 0. The van der Waals surface area contributed by atoms with Crippen LogP contribution in [0.15, 0.2) is 0 Å². The van der Waals surface area contributed by atoms with E-state index in [-0.39, 0.29) is 23.6 Å². The summed E-state index contributed by atoms with van der Waals surface area (Å²) in [6.07, 6.45) is 1.83. The number of likely N-dealkylation sites (tertiary alicyclic amines) is 2. The Labute approximate surface area is 123 Å². The van der Waals surface area contributed by atoms with Gasteiger partial charge in [-0.3, -0.25) is 0 Å². The molecule has 7 nitrogen and oxygen atoms in total. The van der Waals surface area contributed by atoms with Gasteiger partial charge in [0.1, 0.15) is 0 Å². The molecule has 2 aliphatic heterocycles. The molecule has 1 spiro atoms. The van der Waals surface area contributed by atoms with E-state index in [2.05, 4.69) is 4.72 Å². The molecule has 2 amide bonds. The smallest absolute Gasteiger partial charge is 0.320 e. The molecule has 0 aromatic heterocycles. The van der Waals surface area contributed by atoms with E-state index in [1.54, 1.807) is 16.9 Å². The molecule has 1 N–H and O–H groups in total. The molecule has 0 bridgehead atoms. The van der Waals surface area contributed by atoms with Gasteiger partial charge < -0.3 is 14.5 Å². The van der Waals surface area contributed by atoms with Gasteiger partial charge in [0.2, 0.25) is 16.0 Å². The van der Waals surface area contributed by atoms with Crippen molar-refractivity contribution in [1.29, 1.82) is 0 Å². The highest BCUT2D eigenvalue weighted by Gasteiger charge is 2.57. The van der Waals surface area contributed by atoms with E-state index in [9.17, 15) is 17.6 Å². The summed E-state index contributed by atoms with van der Waals surface area (Å²) in [4.78, 5) is 15.7. The zero-order chi connectivity index (χ0) is 15.3. The van der Waals surface area contributed by atoms with Crippen LogP contribution in [0.25, 0.3) is 0 Å². The van der Waals surface area contributed by atoms with Crippen molar-refractivity contribution in [1.82, 2.24) is 14.5 Å². The number of nitrogens with one attached hydrogen (secondary N) is 1. The first-order valence-corrected chi connectivity index (χ1v) is 8.67. The number of rotatable bonds is 4. The highest BCUT2D eigenvalue weighted by atomic mass is 32.2. The van der Waals surface area contributed by atoms with Gasteiger partial charge in [0.05, 0.1) is 19.2 Å². The predicted molar refractivity (Wildman–Crippen MR) is 72.8 cm³/mol. The minimum absolute atomic E-state index is 0.0866. The SMILES string of the molecule is COC1CN(C(=O)N2C[C@@H](NS(=O)(=O)CF)C3(CC3)C2)C1. The molecule has 1 saturated carbocycles. The van der Waals surface area contributed by atoms with E-state index >= 15 is 0 Å². The first-order valence-electron chi connectivity index (χ1n) is 7.02. The van der Waals surface area contributed by atoms with Crippen molar-refractivity contribution in [3.63, 3.8) is 0 Å². The Morgan fingerprint density at radius 3 is 2.52 bits per heavy atom. The predicted octanol–water partition coefficient (Wildman–Crippen LogP) is -0.252. The molecule has 2 heterocycles. The number of methoxy groups -OCH3 is 1. The number of carbonyl (C=O) groups excluding carboxylic acids is 1. The molecule has 0 unspecified atom stereocenters. The van der Waals surface area contributed by atoms with Crippen molar-refractivity contribution in [2.75, 3.05) is 39.3 Å². The minimum atomic E-state index is -3.90. The third-order valence-electron chi connectivity index (χ3n) is 4.73. The minimum Gasteiger partial charge on any atom is -0.378 e. The summed E-state index contributed by atoms with van der Waals surface area (Å²) < 4.78 is 42.8. The van der Waals surface area contributed by atoms with Gasteiger partial charge in [0.15, 0.2) is 0 Å². The van der Waals surface area contributed by atoms with Crippen LogP contribution >= 0.6 is 0 Å². The van der Waals surface area contributed by atoms with Crippen LogP contribution in [0.2, 0.25) is 0 Å². The number of nitrogens with zero attached hydrogens (tertiary/aromatic N) is 2. The number of ether oxygens (including phenoxy) is 1. The molecular weight excluding hydrogens is 301 g/mol. The average molecular weight is 321 g/mol. The lowest BCUT2D eigenvalue weighted by atomic mass is 10.0. The van der Waals surface area contributed by atoms with E-state index in [1.807, 2.05) is 0 Å². The van der Waals surface area contributed by atoms with Crippen LogP contribution in [0.3, 0.4) is 0 Å². The fourth-order valence-corrected chi connectivity index (χ4v) is 3.96. The van der Waals surface area contributed by atoms with Crippen molar-refractivity contribution >= 4 is 16.1 Å². The molecule has 0 radical (unpaired) electrons. The fourth-order valence-electron chi connectivity index (χ4n) is 3.14. The maximum atomic E-state index is 12.5. The number of hydrogen-bond donors (Lipinski definition) is 1. The molecule has 3 rings (SSSR count). The van der Waals surface area contributed by atoms with E-state index in [0.29, 0.717) is 26.2 Å². The molecule has 0 aromatic rings. The number of urea groups is 1. The van der Waals surface area contributed by atoms with Gasteiger partial charge in [-0.2, -0.15) is 0 Å². The second kappa shape index (κ2) is 5.06. The summed E-state index contributed by atoms with van der Waals surface area (Å²) in [7, 11) is -2.28. The molecule has 1 aliphatic carbocycles. The van der Waals surface area contributed by atoms with Gasteiger partial charge >= 0.3 is 6.03 Å². The summed E-state index contributed by atoms with van der Waals surface area (Å²) in [5.41, 5.74) is -0.191. The molecule has 3 aliphatic rings. The quantitative estimate of drug-likeness (QED) is 0.774. The monoisotopic (exact) mass is 321 g/mol. The Morgan fingerprint density at radius 1 is 1.33 bits per heavy atom. The second-order valence-corrected chi connectivity index (χ2v) is 7.87. The zero-order valence-corrected chi connectivity index (χ0v) is 12.7. The third-order valence-corrected chi connectivity index (χ3v) is 5.66. The van der Waals surface area contributed by atoms with Crippen molar-refractivity contribution in [3.05, 3.63) is 0 Å². The van der Waals surface area contributed by atoms with Crippen LogP contribution in [-0.2, 0) is 14.8 Å². The Bertz CT molecular complexity index is 531. The lowest BCUT2D eigenvalue weighted by Gasteiger charge is -2.40. The van der Waals surface area contributed by atoms with E-state index < -0.39 is 16.0 Å². The Kier molecular flexibility index (Phi) is 3.61. The van der Waals surface area contributed by atoms with E-state index in [0.717, 1.165) is 12.8 Å². The zero-order valence-electron chi connectivity index (χ0n) is 11.9. The molecule has 2 saturated heterocycles. The number of carbonyl (C=O) groups is 1.